The summed E-state index contributed by atoms with van der Waals surface area (Å²) in [5.41, 5.74) is 1.98. The van der Waals surface area contributed by atoms with Gasteiger partial charge in [0.15, 0.2) is 4.80 Å². The van der Waals surface area contributed by atoms with Gasteiger partial charge in [-0.05, 0) is 71.2 Å². The second kappa shape index (κ2) is 10.6. The number of methoxy groups -OCH3 is 1. The number of benzene rings is 2. The first-order valence-corrected chi connectivity index (χ1v) is 12.7. The summed E-state index contributed by atoms with van der Waals surface area (Å²) in [7, 11) is 1.57. The van der Waals surface area contributed by atoms with Gasteiger partial charge in [0.05, 0.1) is 40.0 Å². The molecular formula is C26H23BrN2O6S. The van der Waals surface area contributed by atoms with Gasteiger partial charge in [-0.3, -0.25) is 14.2 Å². The number of carbonyl (C=O) groups excluding carboxylic acids is 2. The lowest BCUT2D eigenvalue weighted by molar-refractivity contribution is -0.139. The van der Waals surface area contributed by atoms with Crippen molar-refractivity contribution in [2.45, 2.75) is 26.8 Å². The van der Waals surface area contributed by atoms with Crippen molar-refractivity contribution in [3.63, 3.8) is 0 Å². The van der Waals surface area contributed by atoms with Crippen molar-refractivity contribution in [2.75, 3.05) is 13.7 Å². The highest BCUT2D eigenvalue weighted by molar-refractivity contribution is 9.10. The van der Waals surface area contributed by atoms with E-state index in [1.54, 1.807) is 57.4 Å². The van der Waals surface area contributed by atoms with Crippen molar-refractivity contribution in [3.8, 4) is 11.5 Å². The molecule has 1 aliphatic rings. The molecule has 36 heavy (non-hydrogen) atoms. The molecule has 0 bridgehead atoms. The van der Waals surface area contributed by atoms with E-state index >= 15 is 0 Å². The molecule has 10 heteroatoms. The molecule has 1 atom stereocenters. The molecule has 186 valence electrons. The Balaban J connectivity index is 1.87. The Bertz CT molecular complexity index is 1550. The number of thiazole rings is 1. The minimum absolute atomic E-state index is 0.202. The van der Waals surface area contributed by atoms with E-state index in [-0.39, 0.29) is 12.2 Å². The lowest BCUT2D eigenvalue weighted by atomic mass is 9.96. The fourth-order valence-corrected chi connectivity index (χ4v) is 5.41. The van der Waals surface area contributed by atoms with Gasteiger partial charge in [0.1, 0.15) is 11.5 Å². The van der Waals surface area contributed by atoms with E-state index in [1.807, 2.05) is 12.1 Å². The number of hydrogen-bond acceptors (Lipinski definition) is 8. The highest BCUT2D eigenvalue weighted by atomic mass is 79.9. The second-order valence-corrected chi connectivity index (χ2v) is 9.72. The van der Waals surface area contributed by atoms with Gasteiger partial charge >= 0.3 is 11.9 Å². The summed E-state index contributed by atoms with van der Waals surface area (Å²) in [5, 5.41) is 0. The van der Waals surface area contributed by atoms with Crippen LogP contribution in [0.4, 0.5) is 0 Å². The van der Waals surface area contributed by atoms with Crippen LogP contribution in [0, 0.1) is 0 Å². The topological polar surface area (TPSA) is 96.2 Å². The minimum atomic E-state index is -0.702. The van der Waals surface area contributed by atoms with Crippen LogP contribution >= 0.6 is 27.3 Å². The third kappa shape index (κ3) is 5.05. The number of rotatable bonds is 6. The van der Waals surface area contributed by atoms with Gasteiger partial charge in [-0.1, -0.05) is 29.5 Å². The maximum Gasteiger partial charge on any atom is 0.338 e. The quantitative estimate of drug-likeness (QED) is 0.332. The van der Waals surface area contributed by atoms with Gasteiger partial charge in [0.25, 0.3) is 5.56 Å². The molecule has 1 aromatic heterocycles. The number of aromatic nitrogens is 1. The Labute approximate surface area is 219 Å². The molecule has 3 aromatic rings. The van der Waals surface area contributed by atoms with Crippen LogP contribution < -0.4 is 24.4 Å². The molecular weight excluding hydrogens is 548 g/mol. The highest BCUT2D eigenvalue weighted by Gasteiger charge is 2.33. The summed E-state index contributed by atoms with van der Waals surface area (Å²) in [4.78, 5) is 42.9. The first-order chi connectivity index (χ1) is 17.2. The first kappa shape index (κ1) is 25.6. The zero-order chi connectivity index (χ0) is 26.0. The number of halogens is 1. The van der Waals surface area contributed by atoms with Crippen LogP contribution in [-0.2, 0) is 14.3 Å². The van der Waals surface area contributed by atoms with E-state index in [0.29, 0.717) is 36.6 Å². The minimum Gasteiger partial charge on any atom is -0.497 e. The molecule has 0 spiro atoms. The number of allylic oxidation sites excluding steroid dienone is 1. The molecule has 0 amide bonds. The van der Waals surface area contributed by atoms with E-state index < -0.39 is 18.0 Å². The lowest BCUT2D eigenvalue weighted by Gasteiger charge is -2.24. The van der Waals surface area contributed by atoms with Crippen LogP contribution in [0.3, 0.4) is 0 Å². The van der Waals surface area contributed by atoms with Crippen molar-refractivity contribution < 1.29 is 23.8 Å². The number of nitrogens with zero attached hydrogens (tertiary/aromatic N) is 2. The van der Waals surface area contributed by atoms with Crippen LogP contribution in [-0.4, -0.2) is 30.2 Å². The van der Waals surface area contributed by atoms with Crippen LogP contribution in [0.15, 0.2) is 68.0 Å². The molecule has 0 saturated carbocycles. The first-order valence-electron chi connectivity index (χ1n) is 11.0. The maximum absolute atomic E-state index is 13.7. The van der Waals surface area contributed by atoms with E-state index in [4.69, 9.17) is 14.2 Å². The van der Waals surface area contributed by atoms with Crippen molar-refractivity contribution in [2.24, 2.45) is 4.99 Å². The molecule has 2 aromatic carbocycles. The average molecular weight is 571 g/mol. The van der Waals surface area contributed by atoms with Crippen LogP contribution in [0.25, 0.3) is 6.08 Å². The van der Waals surface area contributed by atoms with E-state index in [2.05, 4.69) is 20.9 Å². The predicted molar refractivity (Wildman–Crippen MR) is 139 cm³/mol. The van der Waals surface area contributed by atoms with Crippen molar-refractivity contribution in [1.29, 1.82) is 0 Å². The van der Waals surface area contributed by atoms with E-state index in [1.165, 1.54) is 22.8 Å². The average Bonchev–Trinajstić information content (AvgIpc) is 3.14. The van der Waals surface area contributed by atoms with Gasteiger partial charge in [-0.25, -0.2) is 9.79 Å². The Hall–Kier alpha value is -3.50. The molecule has 4 rings (SSSR count). The van der Waals surface area contributed by atoms with Crippen LogP contribution in [0.2, 0.25) is 0 Å². The van der Waals surface area contributed by atoms with Gasteiger partial charge in [-0.15, -0.1) is 0 Å². The highest BCUT2D eigenvalue weighted by Crippen LogP contribution is 2.32. The molecule has 0 fully saturated rings. The van der Waals surface area contributed by atoms with Gasteiger partial charge in [0.2, 0.25) is 0 Å². The number of carbonyl (C=O) groups is 2. The fraction of sp³-hybridized carbons (Fsp3) is 0.231. The summed E-state index contributed by atoms with van der Waals surface area (Å²) >= 11 is 4.63. The summed E-state index contributed by atoms with van der Waals surface area (Å²) < 4.78 is 18.3. The smallest absolute Gasteiger partial charge is 0.338 e. The molecule has 0 radical (unpaired) electrons. The summed E-state index contributed by atoms with van der Waals surface area (Å²) in [6, 6.07) is 11.7. The molecule has 0 aliphatic carbocycles. The number of hydrogen-bond donors (Lipinski definition) is 0. The van der Waals surface area contributed by atoms with Gasteiger partial charge < -0.3 is 14.2 Å². The SMILES string of the molecule is CCOC(=O)C1=C(C)N=c2s/c(=C\c3ccc(OC(C)=O)c(Br)c3)c(=O)n2[C@@H]1c1ccc(OC)cc1. The molecule has 2 heterocycles. The second-order valence-electron chi connectivity index (χ2n) is 7.86. The van der Waals surface area contributed by atoms with Gasteiger partial charge in [0, 0.05) is 6.92 Å². The normalized spacial score (nSPS) is 15.2. The van der Waals surface area contributed by atoms with Crippen molar-refractivity contribution in [3.05, 3.63) is 89.0 Å². The van der Waals surface area contributed by atoms with Crippen molar-refractivity contribution in [1.82, 2.24) is 4.57 Å². The van der Waals surface area contributed by atoms with Crippen LogP contribution in [0.1, 0.15) is 37.9 Å². The summed E-state index contributed by atoms with van der Waals surface area (Å²) in [6.07, 6.45) is 1.74. The largest absolute Gasteiger partial charge is 0.497 e. The fourth-order valence-electron chi connectivity index (χ4n) is 3.89. The zero-order valence-electron chi connectivity index (χ0n) is 20.0. The number of fused-ring (bicyclic) bond motifs is 1. The Kier molecular flexibility index (Phi) is 7.56. The molecule has 1 aliphatic heterocycles. The third-order valence-corrected chi connectivity index (χ3v) is 7.06. The molecule has 8 nitrogen and oxygen atoms in total. The molecule has 0 saturated heterocycles. The van der Waals surface area contributed by atoms with E-state index in [0.717, 1.165) is 11.1 Å². The Morgan fingerprint density at radius 3 is 2.53 bits per heavy atom. The van der Waals surface area contributed by atoms with Crippen molar-refractivity contribution >= 4 is 45.3 Å². The van der Waals surface area contributed by atoms with Gasteiger partial charge in [-0.2, -0.15) is 0 Å². The maximum atomic E-state index is 13.7. The monoisotopic (exact) mass is 570 g/mol. The summed E-state index contributed by atoms with van der Waals surface area (Å²) in [5.74, 6) is 0.101. The number of esters is 2. The van der Waals surface area contributed by atoms with E-state index in [9.17, 15) is 14.4 Å². The Morgan fingerprint density at radius 2 is 1.92 bits per heavy atom. The molecule has 0 N–H and O–H groups in total. The third-order valence-electron chi connectivity index (χ3n) is 5.46. The predicted octanol–water partition coefficient (Wildman–Crippen LogP) is 3.49. The standard InChI is InChI=1S/C26H23BrN2O6S/c1-5-34-25(32)22-14(2)28-26-29(23(22)17-7-9-18(33-4)10-8-17)24(31)21(36-26)13-16-6-11-20(19(27)12-16)35-15(3)30/h6-13,23H,5H2,1-4H3/b21-13-/t23-/m1/s1. The molecule has 0 unspecified atom stereocenters. The summed E-state index contributed by atoms with van der Waals surface area (Å²) in [6.45, 7) is 5.00. The lowest BCUT2D eigenvalue weighted by Crippen LogP contribution is -2.39. The van der Waals surface area contributed by atoms with Crippen LogP contribution in [0.5, 0.6) is 11.5 Å². The zero-order valence-corrected chi connectivity index (χ0v) is 22.4. The number of ether oxygens (including phenoxy) is 3. The Morgan fingerprint density at radius 1 is 1.19 bits per heavy atom.